The van der Waals surface area contributed by atoms with Crippen molar-refractivity contribution in [1.82, 2.24) is 4.90 Å². The summed E-state index contributed by atoms with van der Waals surface area (Å²) in [5, 5.41) is 9.66. The predicted molar refractivity (Wildman–Crippen MR) is 54.8 cm³/mol. The van der Waals surface area contributed by atoms with E-state index in [9.17, 15) is 5.11 Å². The average molecular weight is 193 g/mol. The van der Waals surface area contributed by atoms with Gasteiger partial charge >= 0.3 is 0 Å². The van der Waals surface area contributed by atoms with Gasteiger partial charge in [0.2, 0.25) is 0 Å². The Kier molecular flexibility index (Phi) is 2.33. The van der Waals surface area contributed by atoms with Crippen LogP contribution in [0.15, 0.2) is 18.2 Å². The minimum Gasteiger partial charge on any atom is -0.508 e. The molecule has 76 valence electrons. The maximum Gasteiger partial charge on any atom is 0.126 e. The quantitative estimate of drug-likeness (QED) is 0.728. The smallest absolute Gasteiger partial charge is 0.126 e. The fourth-order valence-corrected chi connectivity index (χ4v) is 1.71. The summed E-state index contributed by atoms with van der Waals surface area (Å²) in [7, 11) is 4.05. The van der Waals surface area contributed by atoms with Gasteiger partial charge in [0.1, 0.15) is 18.1 Å². The van der Waals surface area contributed by atoms with Gasteiger partial charge in [-0.15, -0.1) is 0 Å². The molecule has 0 amide bonds. The zero-order valence-corrected chi connectivity index (χ0v) is 8.53. The molecule has 1 aromatic rings. The molecule has 1 unspecified atom stereocenters. The summed E-state index contributed by atoms with van der Waals surface area (Å²) in [6.45, 7) is 0.698. The fraction of sp³-hybridized carbons (Fsp3) is 0.455. The first-order valence-corrected chi connectivity index (χ1v) is 4.78. The van der Waals surface area contributed by atoms with Gasteiger partial charge in [-0.1, -0.05) is 6.07 Å². The molecular weight excluding hydrogens is 178 g/mol. The van der Waals surface area contributed by atoms with Gasteiger partial charge < -0.3 is 14.7 Å². The topological polar surface area (TPSA) is 32.7 Å². The number of hydrogen-bond donors (Lipinski definition) is 1. The number of aromatic hydroxyl groups is 1. The Morgan fingerprint density at radius 3 is 2.93 bits per heavy atom. The zero-order chi connectivity index (χ0) is 10.1. The van der Waals surface area contributed by atoms with Gasteiger partial charge in [0.25, 0.3) is 0 Å². The number of ether oxygens (including phenoxy) is 1. The summed E-state index contributed by atoms with van der Waals surface area (Å²) in [6.07, 6.45) is 0.856. The van der Waals surface area contributed by atoms with Crippen LogP contribution in [0.1, 0.15) is 5.56 Å². The largest absolute Gasteiger partial charge is 0.508 e. The SMILES string of the molecule is CN(C)C1COc2cccc(O)c2C1. The maximum absolute atomic E-state index is 9.66. The van der Waals surface area contributed by atoms with Crippen molar-refractivity contribution in [3.05, 3.63) is 23.8 Å². The summed E-state index contributed by atoms with van der Waals surface area (Å²) in [5.74, 6) is 1.16. The number of nitrogens with zero attached hydrogens (tertiary/aromatic N) is 1. The average Bonchev–Trinajstić information content (AvgIpc) is 2.18. The lowest BCUT2D eigenvalue weighted by Gasteiger charge is -2.30. The number of fused-ring (bicyclic) bond motifs is 1. The standard InChI is InChI=1S/C11H15NO2/c1-12(2)8-6-9-10(13)4-3-5-11(9)14-7-8/h3-5,8,13H,6-7H2,1-2H3. The third-order valence-corrected chi connectivity index (χ3v) is 2.71. The summed E-state index contributed by atoms with van der Waals surface area (Å²) >= 11 is 0. The summed E-state index contributed by atoms with van der Waals surface area (Å²) < 4.78 is 5.58. The van der Waals surface area contributed by atoms with E-state index in [1.165, 1.54) is 0 Å². The van der Waals surface area contributed by atoms with Crippen LogP contribution in [-0.4, -0.2) is 36.8 Å². The Morgan fingerprint density at radius 1 is 1.43 bits per heavy atom. The van der Waals surface area contributed by atoms with Crippen LogP contribution in [0.3, 0.4) is 0 Å². The van der Waals surface area contributed by atoms with Gasteiger partial charge in [0.05, 0.1) is 0 Å². The van der Waals surface area contributed by atoms with Crippen molar-refractivity contribution >= 4 is 0 Å². The molecule has 0 spiro atoms. The van der Waals surface area contributed by atoms with Crippen LogP contribution >= 0.6 is 0 Å². The third-order valence-electron chi connectivity index (χ3n) is 2.71. The van der Waals surface area contributed by atoms with Crippen LogP contribution in [0, 0.1) is 0 Å². The first-order valence-electron chi connectivity index (χ1n) is 4.78. The number of rotatable bonds is 1. The monoisotopic (exact) mass is 193 g/mol. The van der Waals surface area contributed by atoms with Crippen LogP contribution < -0.4 is 4.74 Å². The molecule has 0 fully saturated rings. The molecule has 14 heavy (non-hydrogen) atoms. The highest BCUT2D eigenvalue weighted by atomic mass is 16.5. The van der Waals surface area contributed by atoms with Gasteiger partial charge in [-0.2, -0.15) is 0 Å². The Morgan fingerprint density at radius 2 is 2.21 bits per heavy atom. The molecule has 0 aliphatic carbocycles. The second kappa shape index (κ2) is 3.50. The van der Waals surface area contributed by atoms with Gasteiger partial charge in [-0.05, 0) is 32.6 Å². The van der Waals surface area contributed by atoms with E-state index >= 15 is 0 Å². The van der Waals surface area contributed by atoms with Crippen molar-refractivity contribution in [1.29, 1.82) is 0 Å². The number of phenolic OH excluding ortho intramolecular Hbond substituents is 1. The minimum absolute atomic E-state index is 0.342. The highest BCUT2D eigenvalue weighted by Gasteiger charge is 2.23. The lowest BCUT2D eigenvalue weighted by Crippen LogP contribution is -2.38. The van der Waals surface area contributed by atoms with E-state index in [0.29, 0.717) is 18.4 Å². The van der Waals surface area contributed by atoms with Crippen LogP contribution in [0.5, 0.6) is 11.5 Å². The first kappa shape index (κ1) is 9.34. The highest BCUT2D eigenvalue weighted by Crippen LogP contribution is 2.32. The molecule has 0 bridgehead atoms. The predicted octanol–water partition coefficient (Wildman–Crippen LogP) is 1.26. The van der Waals surface area contributed by atoms with E-state index in [2.05, 4.69) is 4.90 Å². The number of benzene rings is 1. The molecule has 2 rings (SSSR count). The molecule has 0 saturated heterocycles. The minimum atomic E-state index is 0.342. The molecular formula is C11H15NO2. The van der Waals surface area contributed by atoms with Crippen LogP contribution in [0.2, 0.25) is 0 Å². The third kappa shape index (κ3) is 1.55. The van der Waals surface area contributed by atoms with E-state index in [0.717, 1.165) is 17.7 Å². The lowest BCUT2D eigenvalue weighted by molar-refractivity contribution is 0.163. The Hall–Kier alpha value is -1.22. The molecule has 1 N–H and O–H groups in total. The second-order valence-corrected chi connectivity index (χ2v) is 3.89. The lowest BCUT2D eigenvalue weighted by atomic mass is 10.0. The van der Waals surface area contributed by atoms with Gasteiger partial charge in [-0.3, -0.25) is 0 Å². The number of phenols is 1. The Bertz CT molecular complexity index is 336. The van der Waals surface area contributed by atoms with Crippen molar-refractivity contribution in [3.63, 3.8) is 0 Å². The molecule has 1 aliphatic rings. The van der Waals surface area contributed by atoms with Crippen molar-refractivity contribution in [2.45, 2.75) is 12.5 Å². The molecule has 1 atom stereocenters. The van der Waals surface area contributed by atoms with Crippen LogP contribution in [0.25, 0.3) is 0 Å². The van der Waals surface area contributed by atoms with Gasteiger partial charge in [0.15, 0.2) is 0 Å². The maximum atomic E-state index is 9.66. The number of likely N-dealkylation sites (N-methyl/N-ethyl adjacent to an activating group) is 1. The van der Waals surface area contributed by atoms with E-state index in [1.807, 2.05) is 26.2 Å². The summed E-state index contributed by atoms with van der Waals surface area (Å²) in [4.78, 5) is 2.12. The normalized spacial score (nSPS) is 20.4. The Labute approximate surface area is 83.9 Å². The molecule has 1 aliphatic heterocycles. The van der Waals surface area contributed by atoms with Crippen molar-refractivity contribution in [3.8, 4) is 11.5 Å². The summed E-state index contributed by atoms with van der Waals surface area (Å²) in [6, 6.07) is 5.78. The molecule has 3 heteroatoms. The molecule has 0 radical (unpaired) electrons. The van der Waals surface area contributed by atoms with E-state index in [1.54, 1.807) is 6.07 Å². The van der Waals surface area contributed by atoms with Gasteiger partial charge in [0, 0.05) is 11.6 Å². The molecule has 0 aromatic heterocycles. The van der Waals surface area contributed by atoms with E-state index < -0.39 is 0 Å². The molecule has 3 nitrogen and oxygen atoms in total. The van der Waals surface area contributed by atoms with E-state index in [4.69, 9.17) is 4.74 Å². The fourth-order valence-electron chi connectivity index (χ4n) is 1.71. The summed E-state index contributed by atoms with van der Waals surface area (Å²) in [5.41, 5.74) is 0.928. The van der Waals surface area contributed by atoms with Crippen molar-refractivity contribution in [2.75, 3.05) is 20.7 Å². The zero-order valence-electron chi connectivity index (χ0n) is 8.53. The van der Waals surface area contributed by atoms with Crippen molar-refractivity contribution in [2.24, 2.45) is 0 Å². The van der Waals surface area contributed by atoms with Crippen LogP contribution in [-0.2, 0) is 6.42 Å². The van der Waals surface area contributed by atoms with E-state index in [-0.39, 0.29) is 0 Å². The Balaban J connectivity index is 2.29. The van der Waals surface area contributed by atoms with Gasteiger partial charge in [-0.25, -0.2) is 0 Å². The number of hydrogen-bond acceptors (Lipinski definition) is 3. The molecule has 1 aromatic carbocycles. The van der Waals surface area contributed by atoms with Crippen LogP contribution in [0.4, 0.5) is 0 Å². The highest BCUT2D eigenvalue weighted by molar-refractivity contribution is 5.45. The first-order chi connectivity index (χ1) is 6.68. The molecule has 1 heterocycles. The van der Waals surface area contributed by atoms with Crippen molar-refractivity contribution < 1.29 is 9.84 Å². The second-order valence-electron chi connectivity index (χ2n) is 3.89. The molecule has 0 saturated carbocycles.